The van der Waals surface area contributed by atoms with Gasteiger partial charge in [0.1, 0.15) is 11.9 Å². The van der Waals surface area contributed by atoms with Crippen molar-refractivity contribution < 1.29 is 14.0 Å². The molecular weight excluding hydrogens is 383 g/mol. The lowest BCUT2D eigenvalue weighted by molar-refractivity contribution is -0.122. The maximum Gasteiger partial charge on any atom is 0.262 e. The second kappa shape index (κ2) is 8.21. The summed E-state index contributed by atoms with van der Waals surface area (Å²) in [5.74, 6) is -0.813. The van der Waals surface area contributed by atoms with Gasteiger partial charge in [-0.15, -0.1) is 11.3 Å². The van der Waals surface area contributed by atoms with Gasteiger partial charge >= 0.3 is 0 Å². The summed E-state index contributed by atoms with van der Waals surface area (Å²) in [7, 11) is 0. The summed E-state index contributed by atoms with van der Waals surface area (Å²) in [5, 5.41) is 5.41. The van der Waals surface area contributed by atoms with Gasteiger partial charge in [-0.1, -0.05) is 12.1 Å². The first-order valence-electron chi connectivity index (χ1n) is 7.04. The fourth-order valence-corrected chi connectivity index (χ4v) is 3.19. The number of benzene rings is 1. The minimum absolute atomic E-state index is 0.254. The minimum Gasteiger partial charge on any atom is -0.354 e. The molecule has 1 aromatic carbocycles. The standard InChI is InChI=1S/C16H16BrFN2O2S/c1-10(20-16(22)13-6-7-14(17)23-13)15(21)19-9-8-11-2-4-12(18)5-3-11/h2-7,10H,8-9H2,1H3,(H,19,21)(H,20,22). The van der Waals surface area contributed by atoms with E-state index in [2.05, 4.69) is 26.6 Å². The Kier molecular flexibility index (Phi) is 6.29. The van der Waals surface area contributed by atoms with Crippen molar-refractivity contribution in [2.75, 3.05) is 6.54 Å². The number of rotatable bonds is 6. The van der Waals surface area contributed by atoms with Crippen LogP contribution in [-0.4, -0.2) is 24.4 Å². The average Bonchev–Trinajstić information content (AvgIpc) is 2.95. The van der Waals surface area contributed by atoms with Crippen LogP contribution in [0, 0.1) is 5.82 Å². The highest BCUT2D eigenvalue weighted by Gasteiger charge is 2.17. The molecule has 0 saturated heterocycles. The van der Waals surface area contributed by atoms with Gasteiger partial charge in [0.15, 0.2) is 0 Å². The number of halogens is 2. The van der Waals surface area contributed by atoms with Crippen molar-refractivity contribution in [1.29, 1.82) is 0 Å². The Morgan fingerprint density at radius 2 is 1.91 bits per heavy atom. The van der Waals surface area contributed by atoms with Crippen molar-refractivity contribution in [2.45, 2.75) is 19.4 Å². The lowest BCUT2D eigenvalue weighted by atomic mass is 10.1. The zero-order valence-electron chi connectivity index (χ0n) is 12.4. The molecule has 0 saturated carbocycles. The van der Waals surface area contributed by atoms with Gasteiger partial charge in [0.05, 0.1) is 8.66 Å². The van der Waals surface area contributed by atoms with Crippen molar-refractivity contribution in [3.05, 3.63) is 56.4 Å². The van der Waals surface area contributed by atoms with E-state index in [0.29, 0.717) is 17.8 Å². The molecular formula is C16H16BrFN2O2S. The molecule has 2 aromatic rings. The normalized spacial score (nSPS) is 11.8. The highest BCUT2D eigenvalue weighted by molar-refractivity contribution is 9.11. The number of hydrogen-bond acceptors (Lipinski definition) is 3. The summed E-state index contributed by atoms with van der Waals surface area (Å²) >= 11 is 4.60. The zero-order chi connectivity index (χ0) is 16.8. The monoisotopic (exact) mass is 398 g/mol. The van der Waals surface area contributed by atoms with E-state index in [1.165, 1.54) is 23.5 Å². The van der Waals surface area contributed by atoms with Crippen LogP contribution >= 0.6 is 27.3 Å². The third-order valence-electron chi connectivity index (χ3n) is 3.16. The van der Waals surface area contributed by atoms with E-state index in [1.807, 2.05) is 0 Å². The van der Waals surface area contributed by atoms with Gasteiger partial charge in [-0.25, -0.2) is 4.39 Å². The van der Waals surface area contributed by atoms with Crippen LogP contribution in [0.3, 0.4) is 0 Å². The van der Waals surface area contributed by atoms with E-state index >= 15 is 0 Å². The Labute approximate surface area is 146 Å². The first kappa shape index (κ1) is 17.6. The molecule has 0 aliphatic heterocycles. The Hall–Kier alpha value is -1.73. The predicted octanol–water partition coefficient (Wildman–Crippen LogP) is 3.13. The van der Waals surface area contributed by atoms with E-state index in [9.17, 15) is 14.0 Å². The molecule has 7 heteroatoms. The topological polar surface area (TPSA) is 58.2 Å². The van der Waals surface area contributed by atoms with Crippen LogP contribution in [0.2, 0.25) is 0 Å². The Morgan fingerprint density at radius 3 is 2.52 bits per heavy atom. The van der Waals surface area contributed by atoms with E-state index < -0.39 is 6.04 Å². The molecule has 0 fully saturated rings. The molecule has 1 unspecified atom stereocenters. The Bertz CT molecular complexity index is 688. The highest BCUT2D eigenvalue weighted by Crippen LogP contribution is 2.21. The molecule has 1 atom stereocenters. The van der Waals surface area contributed by atoms with Gasteiger partial charge in [-0.3, -0.25) is 9.59 Å². The quantitative estimate of drug-likeness (QED) is 0.784. The summed E-state index contributed by atoms with van der Waals surface area (Å²) in [6.45, 7) is 2.06. The van der Waals surface area contributed by atoms with E-state index in [-0.39, 0.29) is 17.6 Å². The fourth-order valence-electron chi connectivity index (χ4n) is 1.90. The first-order valence-corrected chi connectivity index (χ1v) is 8.65. The van der Waals surface area contributed by atoms with Crippen LogP contribution in [0.1, 0.15) is 22.2 Å². The molecule has 0 bridgehead atoms. The van der Waals surface area contributed by atoms with Gasteiger partial charge in [0, 0.05) is 6.54 Å². The van der Waals surface area contributed by atoms with Gasteiger partial charge in [-0.05, 0) is 59.1 Å². The van der Waals surface area contributed by atoms with Crippen LogP contribution < -0.4 is 10.6 Å². The van der Waals surface area contributed by atoms with Crippen LogP contribution in [0.4, 0.5) is 4.39 Å². The van der Waals surface area contributed by atoms with Crippen LogP contribution in [0.25, 0.3) is 0 Å². The van der Waals surface area contributed by atoms with Gasteiger partial charge < -0.3 is 10.6 Å². The molecule has 1 heterocycles. The molecule has 0 spiro atoms. The third-order valence-corrected chi connectivity index (χ3v) is 4.79. The number of hydrogen-bond donors (Lipinski definition) is 2. The van der Waals surface area contributed by atoms with E-state index in [0.717, 1.165) is 9.35 Å². The number of amides is 2. The average molecular weight is 399 g/mol. The summed E-state index contributed by atoms with van der Waals surface area (Å²) in [5.41, 5.74) is 0.937. The van der Waals surface area contributed by atoms with E-state index in [1.54, 1.807) is 31.2 Å². The molecule has 1 aromatic heterocycles. The summed E-state index contributed by atoms with van der Waals surface area (Å²) in [6.07, 6.45) is 0.602. The lowest BCUT2D eigenvalue weighted by Gasteiger charge is -2.13. The molecule has 0 aliphatic rings. The molecule has 2 amide bonds. The zero-order valence-corrected chi connectivity index (χ0v) is 14.8. The van der Waals surface area contributed by atoms with Crippen molar-refractivity contribution in [3.8, 4) is 0 Å². The van der Waals surface area contributed by atoms with Crippen molar-refractivity contribution >= 4 is 39.1 Å². The van der Waals surface area contributed by atoms with Crippen LogP contribution in [-0.2, 0) is 11.2 Å². The van der Waals surface area contributed by atoms with Gasteiger partial charge in [0.25, 0.3) is 5.91 Å². The molecule has 0 aliphatic carbocycles. The lowest BCUT2D eigenvalue weighted by Crippen LogP contribution is -2.45. The van der Waals surface area contributed by atoms with Crippen molar-refractivity contribution in [2.24, 2.45) is 0 Å². The summed E-state index contributed by atoms with van der Waals surface area (Å²) < 4.78 is 13.7. The SMILES string of the molecule is CC(NC(=O)c1ccc(Br)s1)C(=O)NCCc1ccc(F)cc1. The Morgan fingerprint density at radius 1 is 1.22 bits per heavy atom. The molecule has 4 nitrogen and oxygen atoms in total. The third kappa shape index (κ3) is 5.44. The maximum atomic E-state index is 12.8. The highest BCUT2D eigenvalue weighted by atomic mass is 79.9. The smallest absolute Gasteiger partial charge is 0.262 e. The second-order valence-electron chi connectivity index (χ2n) is 4.97. The molecule has 2 N–H and O–H groups in total. The number of nitrogens with one attached hydrogen (secondary N) is 2. The number of carbonyl (C=O) groups excluding carboxylic acids is 2. The van der Waals surface area contributed by atoms with Gasteiger partial charge in [-0.2, -0.15) is 0 Å². The first-order chi connectivity index (χ1) is 11.0. The van der Waals surface area contributed by atoms with Crippen molar-refractivity contribution in [1.82, 2.24) is 10.6 Å². The minimum atomic E-state index is -0.628. The number of carbonyl (C=O) groups is 2. The number of thiophene rings is 1. The second-order valence-corrected chi connectivity index (χ2v) is 7.43. The molecule has 2 rings (SSSR count). The molecule has 23 heavy (non-hydrogen) atoms. The van der Waals surface area contributed by atoms with E-state index in [4.69, 9.17) is 0 Å². The molecule has 122 valence electrons. The largest absolute Gasteiger partial charge is 0.354 e. The summed E-state index contributed by atoms with van der Waals surface area (Å²) in [6, 6.07) is 8.99. The van der Waals surface area contributed by atoms with Crippen LogP contribution in [0.15, 0.2) is 40.2 Å². The Balaban J connectivity index is 1.76. The molecule has 0 radical (unpaired) electrons. The van der Waals surface area contributed by atoms with Gasteiger partial charge in [0.2, 0.25) is 5.91 Å². The summed E-state index contributed by atoms with van der Waals surface area (Å²) in [4.78, 5) is 24.5. The fraction of sp³-hybridized carbons (Fsp3) is 0.250. The van der Waals surface area contributed by atoms with Crippen molar-refractivity contribution in [3.63, 3.8) is 0 Å². The van der Waals surface area contributed by atoms with Crippen LogP contribution in [0.5, 0.6) is 0 Å². The maximum absolute atomic E-state index is 12.8. The predicted molar refractivity (Wildman–Crippen MR) is 92.1 cm³/mol.